The number of halogens is 3. The van der Waals surface area contributed by atoms with Gasteiger partial charge >= 0.3 is 0 Å². The Kier molecular flexibility index (Phi) is 6.81. The maximum absolute atomic E-state index is 12.8. The Bertz CT molecular complexity index is 774. The molecule has 0 aliphatic carbocycles. The van der Waals surface area contributed by atoms with Crippen molar-refractivity contribution in [2.75, 3.05) is 5.32 Å². The average molecular weight is 402 g/mol. The minimum absolute atomic E-state index is 0.136. The van der Waals surface area contributed by atoms with Crippen LogP contribution in [0, 0.1) is 5.82 Å². The Morgan fingerprint density at radius 1 is 1.16 bits per heavy atom. The normalized spacial score (nSPS) is 11.4. The van der Waals surface area contributed by atoms with E-state index in [0.29, 0.717) is 21.5 Å². The average Bonchev–Trinajstić information content (AvgIpc) is 2.57. The molecule has 2 rings (SSSR count). The highest BCUT2D eigenvalue weighted by molar-refractivity contribution is 7.80. The van der Waals surface area contributed by atoms with Crippen LogP contribution in [-0.2, 0) is 4.79 Å². The van der Waals surface area contributed by atoms with Crippen molar-refractivity contribution in [3.05, 3.63) is 58.3 Å². The van der Waals surface area contributed by atoms with Gasteiger partial charge in [0.25, 0.3) is 5.91 Å². The molecule has 0 heterocycles. The highest BCUT2D eigenvalue weighted by atomic mass is 35.5. The van der Waals surface area contributed by atoms with Crippen LogP contribution in [0.3, 0.4) is 0 Å². The molecular weight excluding hydrogens is 388 g/mol. The van der Waals surface area contributed by atoms with Gasteiger partial charge in [0, 0.05) is 10.7 Å². The third-order valence-electron chi connectivity index (χ3n) is 2.97. The number of amides is 1. The lowest BCUT2D eigenvalue weighted by Gasteiger charge is -2.17. The van der Waals surface area contributed by atoms with Crippen LogP contribution in [0.2, 0.25) is 10.0 Å². The Labute approximate surface area is 159 Å². The Morgan fingerprint density at radius 2 is 1.84 bits per heavy atom. The van der Waals surface area contributed by atoms with Gasteiger partial charge in [0.2, 0.25) is 0 Å². The molecule has 9 heteroatoms. The van der Waals surface area contributed by atoms with Gasteiger partial charge in [-0.3, -0.25) is 15.6 Å². The number of hydrogen-bond acceptors (Lipinski definition) is 3. The van der Waals surface area contributed by atoms with E-state index in [1.54, 1.807) is 19.1 Å². The predicted octanol–water partition coefficient (Wildman–Crippen LogP) is 3.92. The molecule has 0 fully saturated rings. The fourth-order valence-electron chi connectivity index (χ4n) is 1.73. The summed E-state index contributed by atoms with van der Waals surface area (Å²) in [5, 5.41) is 3.69. The molecule has 1 unspecified atom stereocenters. The summed E-state index contributed by atoms with van der Waals surface area (Å²) in [7, 11) is 0. The first kappa shape index (κ1) is 19.2. The van der Waals surface area contributed by atoms with E-state index >= 15 is 0 Å². The number of hydrazine groups is 1. The number of carbonyl (C=O) groups is 1. The predicted molar refractivity (Wildman–Crippen MR) is 100 cm³/mol. The molecule has 3 N–H and O–H groups in total. The van der Waals surface area contributed by atoms with Crippen LogP contribution >= 0.6 is 35.4 Å². The fraction of sp³-hybridized carbons (Fsp3) is 0.125. The summed E-state index contributed by atoms with van der Waals surface area (Å²) in [6.45, 7) is 1.55. The standard InChI is InChI=1S/C16H14Cl2FN3O2S/c1-9(24-14-7-2-10(17)8-13(14)18)15(23)21-22-16(25)20-12-5-3-11(19)4-6-12/h2-9H,1H3,(H,21,23)(H2,20,22,25). The molecule has 0 saturated carbocycles. The minimum Gasteiger partial charge on any atom is -0.479 e. The zero-order valence-electron chi connectivity index (χ0n) is 13.0. The van der Waals surface area contributed by atoms with Gasteiger partial charge < -0.3 is 10.1 Å². The summed E-state index contributed by atoms with van der Waals surface area (Å²) in [6.07, 6.45) is -0.834. The lowest BCUT2D eigenvalue weighted by Crippen LogP contribution is -2.48. The van der Waals surface area contributed by atoms with Crippen LogP contribution in [0.1, 0.15) is 6.92 Å². The van der Waals surface area contributed by atoms with E-state index < -0.39 is 12.0 Å². The summed E-state index contributed by atoms with van der Waals surface area (Å²) in [4.78, 5) is 12.0. The van der Waals surface area contributed by atoms with Crippen LogP contribution in [-0.4, -0.2) is 17.1 Å². The van der Waals surface area contributed by atoms with Gasteiger partial charge in [0.1, 0.15) is 11.6 Å². The number of ether oxygens (including phenoxy) is 1. The topological polar surface area (TPSA) is 62.4 Å². The molecule has 1 atom stereocenters. The van der Waals surface area contributed by atoms with E-state index in [1.165, 1.54) is 30.3 Å². The second kappa shape index (κ2) is 8.84. The smallest absolute Gasteiger partial charge is 0.279 e. The van der Waals surface area contributed by atoms with Crippen molar-refractivity contribution in [1.82, 2.24) is 10.9 Å². The summed E-state index contributed by atoms with van der Waals surface area (Å²) in [5.74, 6) is -0.487. The zero-order chi connectivity index (χ0) is 18.4. The maximum atomic E-state index is 12.8. The van der Waals surface area contributed by atoms with Gasteiger partial charge in [-0.25, -0.2) is 4.39 Å². The summed E-state index contributed by atoms with van der Waals surface area (Å²) >= 11 is 16.8. The van der Waals surface area contributed by atoms with Crippen LogP contribution in [0.15, 0.2) is 42.5 Å². The van der Waals surface area contributed by atoms with E-state index in [2.05, 4.69) is 16.2 Å². The highest BCUT2D eigenvalue weighted by Crippen LogP contribution is 2.28. The third kappa shape index (κ3) is 6.04. The minimum atomic E-state index is -0.834. The SMILES string of the molecule is CC(Oc1ccc(Cl)cc1Cl)C(=O)NNC(=S)Nc1ccc(F)cc1. The second-order valence-electron chi connectivity index (χ2n) is 4.91. The Hall–Kier alpha value is -2.09. The first-order valence-corrected chi connectivity index (χ1v) is 8.25. The molecule has 0 bridgehead atoms. The number of thiocarbonyl (C=S) groups is 1. The van der Waals surface area contributed by atoms with Crippen molar-refractivity contribution < 1.29 is 13.9 Å². The number of benzene rings is 2. The van der Waals surface area contributed by atoms with E-state index in [0.717, 1.165) is 0 Å². The quantitative estimate of drug-likeness (QED) is 0.535. The van der Waals surface area contributed by atoms with Gasteiger partial charge in [-0.05, 0) is 61.6 Å². The molecule has 0 radical (unpaired) electrons. The van der Waals surface area contributed by atoms with Crippen LogP contribution in [0.4, 0.5) is 10.1 Å². The molecular formula is C16H14Cl2FN3O2S. The molecule has 0 saturated heterocycles. The lowest BCUT2D eigenvalue weighted by molar-refractivity contribution is -0.127. The lowest BCUT2D eigenvalue weighted by atomic mass is 10.3. The number of nitrogens with one attached hydrogen (secondary N) is 3. The fourth-order valence-corrected chi connectivity index (χ4v) is 2.35. The zero-order valence-corrected chi connectivity index (χ0v) is 15.3. The number of carbonyl (C=O) groups excluding carboxylic acids is 1. The van der Waals surface area contributed by atoms with E-state index in [9.17, 15) is 9.18 Å². The van der Waals surface area contributed by atoms with Gasteiger partial charge in [0.05, 0.1) is 5.02 Å². The molecule has 2 aromatic rings. The van der Waals surface area contributed by atoms with Crippen LogP contribution in [0.25, 0.3) is 0 Å². The summed E-state index contributed by atoms with van der Waals surface area (Å²) in [6, 6.07) is 10.3. The van der Waals surface area contributed by atoms with Crippen molar-refractivity contribution in [1.29, 1.82) is 0 Å². The number of hydrogen-bond donors (Lipinski definition) is 3. The van der Waals surface area contributed by atoms with Crippen molar-refractivity contribution in [2.45, 2.75) is 13.0 Å². The molecule has 5 nitrogen and oxygen atoms in total. The number of anilines is 1. The summed E-state index contributed by atoms with van der Waals surface area (Å²) < 4.78 is 18.3. The first-order chi connectivity index (χ1) is 11.8. The monoisotopic (exact) mass is 401 g/mol. The Morgan fingerprint density at radius 3 is 2.48 bits per heavy atom. The van der Waals surface area contributed by atoms with E-state index in [-0.39, 0.29) is 10.9 Å². The molecule has 0 aliphatic heterocycles. The number of rotatable bonds is 4. The second-order valence-corrected chi connectivity index (χ2v) is 6.16. The van der Waals surface area contributed by atoms with Gasteiger partial charge in [-0.2, -0.15) is 0 Å². The van der Waals surface area contributed by atoms with Crippen molar-refractivity contribution in [2.24, 2.45) is 0 Å². The third-order valence-corrected chi connectivity index (χ3v) is 3.70. The van der Waals surface area contributed by atoms with Crippen LogP contribution in [0.5, 0.6) is 5.75 Å². The van der Waals surface area contributed by atoms with Crippen molar-refractivity contribution in [3.8, 4) is 5.75 Å². The molecule has 0 spiro atoms. The summed E-state index contributed by atoms with van der Waals surface area (Å²) in [5.41, 5.74) is 5.51. The highest BCUT2D eigenvalue weighted by Gasteiger charge is 2.16. The largest absolute Gasteiger partial charge is 0.479 e. The molecule has 25 heavy (non-hydrogen) atoms. The van der Waals surface area contributed by atoms with E-state index in [1.807, 2.05) is 0 Å². The maximum Gasteiger partial charge on any atom is 0.279 e. The van der Waals surface area contributed by atoms with Gasteiger partial charge in [-0.15, -0.1) is 0 Å². The first-order valence-electron chi connectivity index (χ1n) is 7.09. The van der Waals surface area contributed by atoms with Crippen LogP contribution < -0.4 is 20.9 Å². The van der Waals surface area contributed by atoms with Crippen molar-refractivity contribution >= 4 is 52.1 Å². The van der Waals surface area contributed by atoms with Gasteiger partial charge in [0.15, 0.2) is 11.2 Å². The molecule has 1 amide bonds. The van der Waals surface area contributed by atoms with E-state index in [4.69, 9.17) is 40.2 Å². The molecule has 2 aromatic carbocycles. The molecule has 132 valence electrons. The molecule has 0 aromatic heterocycles. The Balaban J connectivity index is 1.82. The molecule has 0 aliphatic rings. The van der Waals surface area contributed by atoms with Crippen molar-refractivity contribution in [3.63, 3.8) is 0 Å². The van der Waals surface area contributed by atoms with Gasteiger partial charge in [-0.1, -0.05) is 23.2 Å².